The van der Waals surface area contributed by atoms with Crippen molar-refractivity contribution in [1.29, 1.82) is 0 Å². The lowest BCUT2D eigenvalue weighted by molar-refractivity contribution is 0.153. The van der Waals surface area contributed by atoms with E-state index in [1.165, 1.54) is 7.11 Å². The first-order chi connectivity index (χ1) is 6.88. The van der Waals surface area contributed by atoms with Crippen LogP contribution in [0.3, 0.4) is 0 Å². The molecular weight excluding hydrogens is 214 g/mol. The molecule has 1 N–H and O–H groups in total. The monoisotopic (exact) mass is 229 g/mol. The number of sulfonamides is 1. The van der Waals surface area contributed by atoms with Gasteiger partial charge in [0.15, 0.2) is 0 Å². The van der Waals surface area contributed by atoms with Gasteiger partial charge in [0, 0.05) is 0 Å². The van der Waals surface area contributed by atoms with Crippen molar-refractivity contribution in [3.63, 3.8) is 0 Å². The van der Waals surface area contributed by atoms with Crippen molar-refractivity contribution in [1.82, 2.24) is 4.89 Å². The summed E-state index contributed by atoms with van der Waals surface area (Å²) in [6, 6.07) is 3.66. The lowest BCUT2D eigenvalue weighted by Gasteiger charge is -2.11. The molecule has 0 radical (unpaired) electrons. The summed E-state index contributed by atoms with van der Waals surface area (Å²) in [6.45, 7) is 5.47. The van der Waals surface area contributed by atoms with E-state index in [0.717, 1.165) is 16.7 Å². The van der Waals surface area contributed by atoms with Gasteiger partial charge < -0.3 is 0 Å². The van der Waals surface area contributed by atoms with Crippen LogP contribution in [0.2, 0.25) is 0 Å². The molecule has 84 valence electrons. The lowest BCUT2D eigenvalue weighted by atomic mass is 10.1. The van der Waals surface area contributed by atoms with Crippen LogP contribution in [0.15, 0.2) is 17.0 Å². The number of nitrogens with one attached hydrogen (secondary N) is 1. The van der Waals surface area contributed by atoms with Crippen molar-refractivity contribution in [3.05, 3.63) is 28.8 Å². The van der Waals surface area contributed by atoms with Gasteiger partial charge in [0.05, 0.1) is 12.0 Å². The largest absolute Gasteiger partial charge is 0.290 e. The topological polar surface area (TPSA) is 55.4 Å². The molecule has 0 saturated heterocycles. The molecule has 0 atom stereocenters. The molecule has 0 amide bonds. The van der Waals surface area contributed by atoms with Crippen molar-refractivity contribution in [3.8, 4) is 0 Å². The third-order valence-electron chi connectivity index (χ3n) is 2.07. The Kier molecular flexibility index (Phi) is 3.49. The first kappa shape index (κ1) is 12.2. The Hall–Kier alpha value is -0.910. The van der Waals surface area contributed by atoms with Gasteiger partial charge in [-0.05, 0) is 31.9 Å². The fraction of sp³-hybridized carbons (Fsp3) is 0.400. The average molecular weight is 229 g/mol. The Morgan fingerprint density at radius 2 is 1.60 bits per heavy atom. The maximum atomic E-state index is 11.7. The molecule has 4 nitrogen and oxygen atoms in total. The molecule has 0 aliphatic carbocycles. The van der Waals surface area contributed by atoms with E-state index in [9.17, 15) is 8.42 Å². The Labute approximate surface area is 90.3 Å². The Balaban J connectivity index is 3.38. The van der Waals surface area contributed by atoms with Gasteiger partial charge in [-0.1, -0.05) is 22.6 Å². The summed E-state index contributed by atoms with van der Waals surface area (Å²) in [5.74, 6) is 0. The smallest absolute Gasteiger partial charge is 0.262 e. The zero-order valence-electron chi connectivity index (χ0n) is 9.29. The summed E-state index contributed by atoms with van der Waals surface area (Å²) in [5, 5.41) is 0. The molecule has 0 saturated carbocycles. The van der Waals surface area contributed by atoms with Crippen molar-refractivity contribution < 1.29 is 13.3 Å². The highest BCUT2D eigenvalue weighted by Crippen LogP contribution is 2.21. The van der Waals surface area contributed by atoms with E-state index in [-0.39, 0.29) is 4.90 Å². The summed E-state index contributed by atoms with van der Waals surface area (Å²) >= 11 is 0. The predicted molar refractivity (Wildman–Crippen MR) is 58.0 cm³/mol. The van der Waals surface area contributed by atoms with Gasteiger partial charge in [0.25, 0.3) is 10.0 Å². The molecular formula is C10H15NO3S. The summed E-state index contributed by atoms with van der Waals surface area (Å²) in [7, 11) is -2.29. The maximum Gasteiger partial charge on any atom is 0.262 e. The molecule has 0 bridgehead atoms. The molecule has 0 aliphatic rings. The molecule has 15 heavy (non-hydrogen) atoms. The fourth-order valence-electron chi connectivity index (χ4n) is 1.74. The van der Waals surface area contributed by atoms with Gasteiger partial charge in [-0.15, -0.1) is 0 Å². The van der Waals surface area contributed by atoms with Gasteiger partial charge in [-0.25, -0.2) is 8.42 Å². The van der Waals surface area contributed by atoms with Crippen molar-refractivity contribution >= 4 is 10.0 Å². The van der Waals surface area contributed by atoms with Crippen molar-refractivity contribution in [2.75, 3.05) is 7.11 Å². The second-order valence-corrected chi connectivity index (χ2v) is 5.10. The average Bonchev–Trinajstić information content (AvgIpc) is 1.99. The standard InChI is InChI=1S/C10H15NO3S/c1-7-5-8(2)10(9(3)6-7)15(12,13)11-14-4/h5-6,11H,1-4H3. The summed E-state index contributed by atoms with van der Waals surface area (Å²) in [5.41, 5.74) is 2.48. The van der Waals surface area contributed by atoms with Gasteiger partial charge >= 0.3 is 0 Å². The molecule has 1 aromatic rings. The second-order valence-electron chi connectivity index (χ2n) is 3.52. The molecule has 0 aromatic heterocycles. The van der Waals surface area contributed by atoms with Crippen LogP contribution in [0.5, 0.6) is 0 Å². The van der Waals surface area contributed by atoms with Crippen LogP contribution < -0.4 is 4.89 Å². The normalized spacial score (nSPS) is 11.7. The second kappa shape index (κ2) is 4.30. The van der Waals surface area contributed by atoms with Crippen molar-refractivity contribution in [2.45, 2.75) is 25.7 Å². The summed E-state index contributed by atoms with van der Waals surface area (Å²) in [4.78, 5) is 6.76. The lowest BCUT2D eigenvalue weighted by Crippen LogP contribution is -2.24. The number of hydrogen-bond donors (Lipinski definition) is 1. The van der Waals surface area contributed by atoms with Crippen LogP contribution in [0.4, 0.5) is 0 Å². The van der Waals surface area contributed by atoms with Crippen molar-refractivity contribution in [2.24, 2.45) is 0 Å². The maximum absolute atomic E-state index is 11.7. The first-order valence-corrected chi connectivity index (χ1v) is 5.99. The summed E-state index contributed by atoms with van der Waals surface area (Å²) < 4.78 is 23.5. The summed E-state index contributed by atoms with van der Waals surface area (Å²) in [6.07, 6.45) is 0. The van der Waals surface area contributed by atoms with E-state index >= 15 is 0 Å². The third-order valence-corrected chi connectivity index (χ3v) is 3.63. The molecule has 1 rings (SSSR count). The minimum Gasteiger partial charge on any atom is -0.290 e. The van der Waals surface area contributed by atoms with Gasteiger partial charge in [-0.2, -0.15) is 0 Å². The van der Waals surface area contributed by atoms with Crippen LogP contribution in [-0.2, 0) is 14.9 Å². The number of aryl methyl sites for hydroxylation is 3. The Morgan fingerprint density at radius 1 is 1.13 bits per heavy atom. The fourth-order valence-corrected chi connectivity index (χ4v) is 3.01. The SMILES string of the molecule is CONS(=O)(=O)c1c(C)cc(C)cc1C. The van der Waals surface area contributed by atoms with Crippen LogP contribution in [0, 0.1) is 20.8 Å². The van der Waals surface area contributed by atoms with Crippen LogP contribution in [0.1, 0.15) is 16.7 Å². The Morgan fingerprint density at radius 3 is 2.00 bits per heavy atom. The molecule has 0 spiro atoms. The molecule has 5 heteroatoms. The van der Waals surface area contributed by atoms with Crippen LogP contribution >= 0.6 is 0 Å². The van der Waals surface area contributed by atoms with E-state index in [1.54, 1.807) is 13.8 Å². The van der Waals surface area contributed by atoms with Crippen LogP contribution in [-0.4, -0.2) is 15.5 Å². The van der Waals surface area contributed by atoms with E-state index in [1.807, 2.05) is 23.9 Å². The number of hydrogen-bond acceptors (Lipinski definition) is 3. The molecule has 0 heterocycles. The van der Waals surface area contributed by atoms with E-state index in [2.05, 4.69) is 4.84 Å². The zero-order valence-corrected chi connectivity index (χ0v) is 10.1. The highest BCUT2D eigenvalue weighted by molar-refractivity contribution is 7.89. The third kappa shape index (κ3) is 2.56. The quantitative estimate of drug-likeness (QED) is 0.798. The zero-order chi connectivity index (χ0) is 11.6. The molecule has 0 aliphatic heterocycles. The molecule has 0 fully saturated rings. The highest BCUT2D eigenvalue weighted by atomic mass is 32.2. The van der Waals surface area contributed by atoms with Gasteiger partial charge in [0.2, 0.25) is 0 Å². The number of rotatable bonds is 3. The number of benzene rings is 1. The molecule has 1 aromatic carbocycles. The minimum absolute atomic E-state index is 0.287. The van der Waals surface area contributed by atoms with E-state index in [4.69, 9.17) is 0 Å². The highest BCUT2D eigenvalue weighted by Gasteiger charge is 2.19. The predicted octanol–water partition coefficient (Wildman–Crippen LogP) is 1.45. The Bertz CT molecular complexity index is 443. The van der Waals surface area contributed by atoms with E-state index < -0.39 is 10.0 Å². The first-order valence-electron chi connectivity index (χ1n) is 4.51. The minimum atomic E-state index is -3.56. The van der Waals surface area contributed by atoms with E-state index in [0.29, 0.717) is 0 Å². The molecule has 0 unspecified atom stereocenters. The van der Waals surface area contributed by atoms with Crippen LogP contribution in [0.25, 0.3) is 0 Å². The van der Waals surface area contributed by atoms with Gasteiger partial charge in [0.1, 0.15) is 0 Å². The van der Waals surface area contributed by atoms with Gasteiger partial charge in [-0.3, -0.25) is 4.84 Å².